The van der Waals surface area contributed by atoms with E-state index in [2.05, 4.69) is 25.9 Å². The van der Waals surface area contributed by atoms with Crippen LogP contribution in [0.1, 0.15) is 48.2 Å². The fourth-order valence-corrected chi connectivity index (χ4v) is 4.57. The van der Waals surface area contributed by atoms with Gasteiger partial charge in [-0.25, -0.2) is 0 Å². The molecule has 0 aliphatic carbocycles. The first-order valence-corrected chi connectivity index (χ1v) is 14.7. The zero-order valence-electron chi connectivity index (χ0n) is 25.1. The van der Waals surface area contributed by atoms with Crippen LogP contribution in [-0.2, 0) is 0 Å². The van der Waals surface area contributed by atoms with Crippen LogP contribution in [0.3, 0.4) is 0 Å². The topological polar surface area (TPSA) is 90.4 Å². The van der Waals surface area contributed by atoms with E-state index in [4.69, 9.17) is 33.2 Å². The molecule has 0 bridgehead atoms. The fourth-order valence-electron chi connectivity index (χ4n) is 4.17. The number of alkyl halides is 1. The highest BCUT2D eigenvalue weighted by atomic mass is 79.9. The maximum Gasteiger partial charge on any atom is 0.317 e. The quantitative estimate of drug-likeness (QED) is 0.112. The second kappa shape index (κ2) is 17.1. The van der Waals surface area contributed by atoms with Crippen LogP contribution in [0.2, 0.25) is 0 Å². The standard InChI is InChI=1S/C32H39BrN2O7/c1-36-26-17-22(18-27(37-2)30(26)40-5)11-13-24-21-25(35-32(34-24)42-16-10-8-7-9-15-33)14-12-23-19-28(38-3)31(41-6)29(20-23)39-4/h11-14,17-21H,7-10,15-16H2,1-6H3/b13-11+,14-12+. The van der Waals surface area contributed by atoms with Gasteiger partial charge < -0.3 is 33.2 Å². The lowest BCUT2D eigenvalue weighted by molar-refractivity contribution is 0.281. The fraction of sp³-hybridized carbons (Fsp3) is 0.375. The Labute approximate surface area is 256 Å². The van der Waals surface area contributed by atoms with Crippen LogP contribution in [0.4, 0.5) is 0 Å². The Morgan fingerprint density at radius 3 is 1.36 bits per heavy atom. The number of methoxy groups -OCH3 is 6. The Morgan fingerprint density at radius 2 is 0.976 bits per heavy atom. The molecule has 2 aromatic carbocycles. The summed E-state index contributed by atoms with van der Waals surface area (Å²) in [6.07, 6.45) is 11.9. The number of halogens is 1. The molecule has 0 amide bonds. The van der Waals surface area contributed by atoms with E-state index in [0.717, 1.165) is 42.1 Å². The SMILES string of the molecule is COc1cc(/C=C/c2cc(/C=C/c3cc(OC)c(OC)c(OC)c3)nc(OCCCCCCBr)n2)cc(OC)c1OC. The highest BCUT2D eigenvalue weighted by Crippen LogP contribution is 2.39. The van der Waals surface area contributed by atoms with E-state index in [1.165, 1.54) is 0 Å². The molecule has 0 spiro atoms. The van der Waals surface area contributed by atoms with Gasteiger partial charge in [0.1, 0.15) is 0 Å². The van der Waals surface area contributed by atoms with Gasteiger partial charge in [0.15, 0.2) is 23.0 Å². The van der Waals surface area contributed by atoms with Crippen molar-refractivity contribution >= 4 is 40.2 Å². The van der Waals surface area contributed by atoms with Gasteiger partial charge in [0, 0.05) is 5.33 Å². The number of hydrogen-bond donors (Lipinski definition) is 0. The van der Waals surface area contributed by atoms with E-state index in [-0.39, 0.29) is 0 Å². The molecule has 0 aliphatic heterocycles. The average molecular weight is 644 g/mol. The summed E-state index contributed by atoms with van der Waals surface area (Å²) in [4.78, 5) is 9.26. The molecule has 3 aromatic rings. The molecule has 0 aliphatic rings. The first kappa shape index (κ1) is 32.6. The zero-order valence-corrected chi connectivity index (χ0v) is 26.7. The van der Waals surface area contributed by atoms with Crippen molar-refractivity contribution in [1.29, 1.82) is 0 Å². The molecule has 0 N–H and O–H groups in total. The predicted octanol–water partition coefficient (Wildman–Crippen LogP) is 7.20. The Hall–Kier alpha value is -3.92. The van der Waals surface area contributed by atoms with E-state index in [9.17, 15) is 0 Å². The molecule has 0 saturated carbocycles. The monoisotopic (exact) mass is 642 g/mol. The third-order valence-corrected chi connectivity index (χ3v) is 6.83. The van der Waals surface area contributed by atoms with Crippen molar-refractivity contribution in [3.8, 4) is 40.5 Å². The smallest absolute Gasteiger partial charge is 0.317 e. The van der Waals surface area contributed by atoms with Crippen LogP contribution in [0.5, 0.6) is 40.5 Å². The first-order valence-electron chi connectivity index (χ1n) is 13.5. The van der Waals surface area contributed by atoms with E-state index < -0.39 is 0 Å². The summed E-state index contributed by atoms with van der Waals surface area (Å²) in [5.41, 5.74) is 3.06. The van der Waals surface area contributed by atoms with Crippen LogP contribution >= 0.6 is 15.9 Å². The van der Waals surface area contributed by atoms with Gasteiger partial charge >= 0.3 is 6.01 Å². The number of ether oxygens (including phenoxy) is 7. The number of benzene rings is 2. The van der Waals surface area contributed by atoms with Crippen molar-refractivity contribution in [3.05, 3.63) is 52.8 Å². The van der Waals surface area contributed by atoms with Gasteiger partial charge in [-0.05, 0) is 66.5 Å². The first-order chi connectivity index (χ1) is 20.5. The molecule has 3 rings (SSSR count). The third kappa shape index (κ3) is 9.04. The van der Waals surface area contributed by atoms with Gasteiger partial charge in [0.05, 0.1) is 60.7 Å². The second-order valence-electron chi connectivity index (χ2n) is 9.04. The molecule has 9 nitrogen and oxygen atoms in total. The van der Waals surface area contributed by atoms with Crippen molar-refractivity contribution < 1.29 is 33.2 Å². The highest BCUT2D eigenvalue weighted by molar-refractivity contribution is 9.09. The van der Waals surface area contributed by atoms with E-state index in [1.54, 1.807) is 42.7 Å². The highest BCUT2D eigenvalue weighted by Gasteiger charge is 2.13. The Bertz CT molecular complexity index is 1220. The minimum absolute atomic E-state index is 0.312. The summed E-state index contributed by atoms with van der Waals surface area (Å²) < 4.78 is 38.8. The molecule has 1 heterocycles. The summed E-state index contributed by atoms with van der Waals surface area (Å²) in [7, 11) is 9.51. The predicted molar refractivity (Wildman–Crippen MR) is 170 cm³/mol. The van der Waals surface area contributed by atoms with E-state index >= 15 is 0 Å². The summed E-state index contributed by atoms with van der Waals surface area (Å²) in [5, 5.41) is 1.01. The molecule has 0 atom stereocenters. The lowest BCUT2D eigenvalue weighted by atomic mass is 10.1. The summed E-state index contributed by atoms with van der Waals surface area (Å²) in [5.74, 6) is 3.33. The number of aromatic nitrogens is 2. The molecular formula is C32H39BrN2O7. The molecule has 0 saturated heterocycles. The lowest BCUT2D eigenvalue weighted by Gasteiger charge is -2.13. The molecule has 42 heavy (non-hydrogen) atoms. The second-order valence-corrected chi connectivity index (χ2v) is 9.83. The Kier molecular flexibility index (Phi) is 13.3. The average Bonchev–Trinajstić information content (AvgIpc) is 3.03. The van der Waals surface area contributed by atoms with Crippen molar-refractivity contribution in [3.63, 3.8) is 0 Å². The molecule has 10 heteroatoms. The minimum atomic E-state index is 0.312. The molecule has 1 aromatic heterocycles. The van der Waals surface area contributed by atoms with Crippen LogP contribution in [0.25, 0.3) is 24.3 Å². The summed E-state index contributed by atoms with van der Waals surface area (Å²) in [6, 6.07) is 9.67. The van der Waals surface area contributed by atoms with Gasteiger partial charge in [-0.15, -0.1) is 0 Å². The van der Waals surface area contributed by atoms with Gasteiger partial charge in [-0.2, -0.15) is 9.97 Å². The number of rotatable bonds is 17. The largest absolute Gasteiger partial charge is 0.493 e. The minimum Gasteiger partial charge on any atom is -0.493 e. The van der Waals surface area contributed by atoms with Crippen molar-refractivity contribution in [2.75, 3.05) is 54.6 Å². The molecule has 0 radical (unpaired) electrons. The normalized spacial score (nSPS) is 11.1. The van der Waals surface area contributed by atoms with Crippen molar-refractivity contribution in [1.82, 2.24) is 9.97 Å². The number of nitrogens with zero attached hydrogens (tertiary/aromatic N) is 2. The Balaban J connectivity index is 1.93. The van der Waals surface area contributed by atoms with Crippen LogP contribution in [0.15, 0.2) is 30.3 Å². The van der Waals surface area contributed by atoms with Gasteiger partial charge in [-0.1, -0.05) is 40.9 Å². The van der Waals surface area contributed by atoms with Crippen molar-refractivity contribution in [2.24, 2.45) is 0 Å². The van der Waals surface area contributed by atoms with Gasteiger partial charge in [-0.3, -0.25) is 0 Å². The zero-order chi connectivity index (χ0) is 30.3. The Morgan fingerprint density at radius 1 is 0.548 bits per heavy atom. The third-order valence-electron chi connectivity index (χ3n) is 6.27. The van der Waals surface area contributed by atoms with Crippen LogP contribution in [0, 0.1) is 0 Å². The molecule has 0 fully saturated rings. The number of unbranched alkanes of at least 4 members (excludes halogenated alkanes) is 3. The van der Waals surface area contributed by atoms with Crippen LogP contribution in [-0.4, -0.2) is 64.6 Å². The molecule has 226 valence electrons. The molecular weight excluding hydrogens is 604 g/mol. The summed E-state index contributed by atoms with van der Waals surface area (Å²) in [6.45, 7) is 0.540. The van der Waals surface area contributed by atoms with Crippen LogP contribution < -0.4 is 33.2 Å². The summed E-state index contributed by atoms with van der Waals surface area (Å²) >= 11 is 3.48. The molecule has 0 unspecified atom stereocenters. The maximum absolute atomic E-state index is 5.96. The van der Waals surface area contributed by atoms with E-state index in [1.807, 2.05) is 54.6 Å². The lowest BCUT2D eigenvalue weighted by Crippen LogP contribution is -2.03. The number of hydrogen-bond acceptors (Lipinski definition) is 9. The van der Waals surface area contributed by atoms with Gasteiger partial charge in [0.25, 0.3) is 0 Å². The maximum atomic E-state index is 5.96. The van der Waals surface area contributed by atoms with E-state index in [0.29, 0.717) is 58.5 Å². The van der Waals surface area contributed by atoms with Crippen molar-refractivity contribution in [2.45, 2.75) is 25.7 Å². The van der Waals surface area contributed by atoms with Gasteiger partial charge in [0.2, 0.25) is 11.5 Å².